The van der Waals surface area contributed by atoms with Crippen LogP contribution in [0.4, 0.5) is 0 Å². The monoisotopic (exact) mass is 539 g/mol. The second kappa shape index (κ2) is 12.0. The zero-order valence-electron chi connectivity index (χ0n) is 21.4. The Bertz CT molecular complexity index is 1380. The molecule has 3 N–H and O–H groups in total. The molecule has 2 amide bonds. The normalized spacial score (nSPS) is 19.6. The number of fused-ring (bicyclic) bond motifs is 1. The minimum absolute atomic E-state index is 0.0864. The number of rotatable bonds is 8. The number of carbonyl (C=O) groups excluding carboxylic acids is 2. The lowest BCUT2D eigenvalue weighted by atomic mass is 10.0. The average Bonchev–Trinajstić information content (AvgIpc) is 3.09. The third-order valence-corrected chi connectivity index (χ3v) is 8.32. The molecule has 1 aliphatic rings. The lowest BCUT2D eigenvalue weighted by molar-refractivity contribution is -0.125. The Balaban J connectivity index is 1.44. The van der Waals surface area contributed by atoms with E-state index in [0.717, 1.165) is 10.8 Å². The van der Waals surface area contributed by atoms with E-state index in [0.29, 0.717) is 19.3 Å². The maximum Gasteiger partial charge on any atom is 0.270 e. The zero-order valence-corrected chi connectivity index (χ0v) is 22.3. The molecule has 3 aromatic rings. The number of β-amino-alcohol motifs (C(OH)–C–C–N with tert-alkyl or cyclic N) is 1. The fourth-order valence-electron chi connectivity index (χ4n) is 4.55. The maximum absolute atomic E-state index is 13.3. The lowest BCUT2D eigenvalue weighted by Gasteiger charge is -2.27. The summed E-state index contributed by atoms with van der Waals surface area (Å²) in [5.41, 5.74) is 0.204. The van der Waals surface area contributed by atoms with Crippen molar-refractivity contribution < 1.29 is 23.1 Å². The van der Waals surface area contributed by atoms with E-state index in [1.807, 2.05) is 38.1 Å². The number of hydrogen-bond donors (Lipinski definition) is 3. The summed E-state index contributed by atoms with van der Waals surface area (Å²) >= 11 is 0. The van der Waals surface area contributed by atoms with Gasteiger partial charge in [0.1, 0.15) is 11.7 Å². The van der Waals surface area contributed by atoms with Crippen molar-refractivity contribution in [2.24, 2.45) is 5.92 Å². The highest BCUT2D eigenvalue weighted by Gasteiger charge is 2.35. The lowest BCUT2D eigenvalue weighted by Crippen LogP contribution is -2.54. The Morgan fingerprint density at radius 3 is 2.55 bits per heavy atom. The Kier molecular flexibility index (Phi) is 8.70. The summed E-state index contributed by atoms with van der Waals surface area (Å²) in [6, 6.07) is 12.4. The quantitative estimate of drug-likeness (QED) is 0.398. The van der Waals surface area contributed by atoms with Gasteiger partial charge in [-0.15, -0.1) is 0 Å². The number of amides is 2. The fraction of sp³-hybridized carbons (Fsp3) is 0.407. The van der Waals surface area contributed by atoms with Crippen LogP contribution >= 0.6 is 0 Å². The number of pyridine rings is 2. The number of aromatic nitrogens is 2. The number of carbonyl (C=O) groups is 2. The standard InChI is InChI=1S/C27H33N5O5S/c1-18(2)14-23(31-26(34)22-15-19-8-3-4-9-20(19)16-29-22)27(35)30-21-10-7-13-32(17-24(21)33)38(36,37)25-11-5-6-12-28-25/h3-6,8-9,11-12,15-16,18,21,23-24,33H,7,10,13-14,17H2,1-2H3,(H,30,35)(H,31,34)/t21?,23?,24-/m0/s1. The second-order valence-electron chi connectivity index (χ2n) is 9.93. The van der Waals surface area contributed by atoms with Gasteiger partial charge in [-0.3, -0.25) is 14.6 Å². The predicted molar refractivity (Wildman–Crippen MR) is 143 cm³/mol. The van der Waals surface area contributed by atoms with Gasteiger partial charge < -0.3 is 15.7 Å². The van der Waals surface area contributed by atoms with Crippen molar-refractivity contribution in [2.45, 2.75) is 56.3 Å². The minimum atomic E-state index is -3.88. The summed E-state index contributed by atoms with van der Waals surface area (Å²) in [4.78, 5) is 34.5. The van der Waals surface area contributed by atoms with Gasteiger partial charge in [0.25, 0.3) is 15.9 Å². The van der Waals surface area contributed by atoms with Gasteiger partial charge in [-0.1, -0.05) is 44.2 Å². The molecule has 0 spiro atoms. The van der Waals surface area contributed by atoms with Crippen LogP contribution in [0.5, 0.6) is 0 Å². The van der Waals surface area contributed by atoms with E-state index >= 15 is 0 Å². The van der Waals surface area contributed by atoms with E-state index in [9.17, 15) is 23.1 Å². The highest BCUT2D eigenvalue weighted by Crippen LogP contribution is 2.20. The van der Waals surface area contributed by atoms with Crippen LogP contribution < -0.4 is 10.6 Å². The van der Waals surface area contributed by atoms with Crippen molar-refractivity contribution >= 4 is 32.6 Å². The smallest absolute Gasteiger partial charge is 0.270 e. The van der Waals surface area contributed by atoms with Crippen LogP contribution in [0.2, 0.25) is 0 Å². The maximum atomic E-state index is 13.3. The van der Waals surface area contributed by atoms with E-state index in [1.54, 1.807) is 24.4 Å². The summed E-state index contributed by atoms with van der Waals surface area (Å²) in [6.45, 7) is 3.91. The molecular weight excluding hydrogens is 506 g/mol. The van der Waals surface area contributed by atoms with E-state index in [2.05, 4.69) is 20.6 Å². The van der Waals surface area contributed by atoms with Gasteiger partial charge in [-0.2, -0.15) is 4.31 Å². The first-order valence-electron chi connectivity index (χ1n) is 12.7. The highest BCUT2D eigenvalue weighted by atomic mass is 32.2. The number of nitrogens with zero attached hydrogens (tertiary/aromatic N) is 3. The largest absolute Gasteiger partial charge is 0.390 e. The molecule has 10 nitrogen and oxygen atoms in total. The zero-order chi connectivity index (χ0) is 27.3. The van der Waals surface area contributed by atoms with Crippen LogP contribution in [-0.2, 0) is 14.8 Å². The number of hydrogen-bond acceptors (Lipinski definition) is 7. The Morgan fingerprint density at radius 1 is 1.11 bits per heavy atom. The third-order valence-electron chi connectivity index (χ3n) is 6.54. The average molecular weight is 540 g/mol. The van der Waals surface area contributed by atoms with E-state index in [4.69, 9.17) is 0 Å². The molecule has 1 fully saturated rings. The van der Waals surface area contributed by atoms with Gasteiger partial charge in [0.2, 0.25) is 5.91 Å². The number of aliphatic hydroxyl groups excluding tert-OH is 1. The predicted octanol–water partition coefficient (Wildman–Crippen LogP) is 2.10. The van der Waals surface area contributed by atoms with Crippen LogP contribution in [-0.4, -0.2) is 70.9 Å². The molecule has 0 radical (unpaired) electrons. The first-order valence-corrected chi connectivity index (χ1v) is 14.1. The Morgan fingerprint density at radius 2 is 1.84 bits per heavy atom. The highest BCUT2D eigenvalue weighted by molar-refractivity contribution is 7.89. The summed E-state index contributed by atoms with van der Waals surface area (Å²) in [5, 5.41) is 18.2. The van der Waals surface area contributed by atoms with Gasteiger partial charge in [0.15, 0.2) is 5.03 Å². The minimum Gasteiger partial charge on any atom is -0.390 e. The van der Waals surface area contributed by atoms with E-state index in [-0.39, 0.29) is 29.7 Å². The van der Waals surface area contributed by atoms with Gasteiger partial charge in [0.05, 0.1) is 12.1 Å². The first kappa shape index (κ1) is 27.6. The molecule has 3 atom stereocenters. The summed E-state index contributed by atoms with van der Waals surface area (Å²) in [7, 11) is -3.88. The van der Waals surface area contributed by atoms with Crippen LogP contribution in [0.15, 0.2) is 66.0 Å². The first-order chi connectivity index (χ1) is 18.1. The molecule has 0 aliphatic carbocycles. The fourth-order valence-corrected chi connectivity index (χ4v) is 5.98. The van der Waals surface area contributed by atoms with Crippen LogP contribution in [0.1, 0.15) is 43.6 Å². The summed E-state index contributed by atoms with van der Waals surface area (Å²) in [5.74, 6) is -0.794. The van der Waals surface area contributed by atoms with Crippen molar-refractivity contribution in [2.75, 3.05) is 13.1 Å². The van der Waals surface area contributed by atoms with Gasteiger partial charge >= 0.3 is 0 Å². The van der Waals surface area contributed by atoms with Gasteiger partial charge in [-0.25, -0.2) is 13.4 Å². The van der Waals surface area contributed by atoms with Crippen molar-refractivity contribution in [3.63, 3.8) is 0 Å². The van der Waals surface area contributed by atoms with Gasteiger partial charge in [-0.05, 0) is 48.8 Å². The Hall–Kier alpha value is -3.41. The van der Waals surface area contributed by atoms with Crippen molar-refractivity contribution in [1.29, 1.82) is 0 Å². The Labute approximate surface area is 222 Å². The van der Waals surface area contributed by atoms with Gasteiger partial charge in [0, 0.05) is 30.9 Å². The topological polar surface area (TPSA) is 142 Å². The molecule has 11 heteroatoms. The van der Waals surface area contributed by atoms with Crippen LogP contribution in [0.25, 0.3) is 10.8 Å². The van der Waals surface area contributed by atoms with Crippen molar-refractivity contribution in [1.82, 2.24) is 24.9 Å². The molecule has 3 heterocycles. The number of aliphatic hydroxyl groups is 1. The number of benzene rings is 1. The molecule has 2 aromatic heterocycles. The third kappa shape index (κ3) is 6.53. The molecule has 1 saturated heterocycles. The summed E-state index contributed by atoms with van der Waals surface area (Å²) in [6.07, 6.45) is 3.10. The van der Waals surface area contributed by atoms with E-state index in [1.165, 1.54) is 16.6 Å². The molecule has 202 valence electrons. The molecule has 2 unspecified atom stereocenters. The molecule has 1 aliphatic heterocycles. The van der Waals surface area contributed by atoms with E-state index < -0.39 is 40.0 Å². The molecule has 1 aromatic carbocycles. The van der Waals surface area contributed by atoms with Crippen LogP contribution in [0.3, 0.4) is 0 Å². The molecule has 38 heavy (non-hydrogen) atoms. The van der Waals surface area contributed by atoms with Crippen molar-refractivity contribution in [3.05, 3.63) is 66.6 Å². The summed E-state index contributed by atoms with van der Waals surface area (Å²) < 4.78 is 27.2. The number of sulfonamides is 1. The second-order valence-corrected chi connectivity index (χ2v) is 11.8. The molecule has 4 rings (SSSR count). The molecule has 0 bridgehead atoms. The van der Waals surface area contributed by atoms with Crippen molar-refractivity contribution in [3.8, 4) is 0 Å². The van der Waals surface area contributed by atoms with Crippen LogP contribution in [0, 0.1) is 5.92 Å². The molecular formula is C27H33N5O5S. The molecule has 0 saturated carbocycles. The number of nitrogens with one attached hydrogen (secondary N) is 2. The SMILES string of the molecule is CC(C)CC(NC(=O)c1cc2ccccc2cn1)C(=O)NC1CCCN(S(=O)(=O)c2ccccn2)C[C@@H]1O.